The van der Waals surface area contributed by atoms with Crippen molar-refractivity contribution >= 4 is 11.8 Å². The highest BCUT2D eigenvalue weighted by Gasteiger charge is 2.32. The summed E-state index contributed by atoms with van der Waals surface area (Å²) in [5.41, 5.74) is -0.320. The van der Waals surface area contributed by atoms with Gasteiger partial charge in [-0.05, 0) is 24.5 Å². The van der Waals surface area contributed by atoms with E-state index in [0.29, 0.717) is 5.92 Å². The summed E-state index contributed by atoms with van der Waals surface area (Å²) in [5.74, 6) is 2.80. The molecule has 2 unspecified atom stereocenters. The van der Waals surface area contributed by atoms with Gasteiger partial charge in [0.05, 0.1) is 5.60 Å². The fourth-order valence-corrected chi connectivity index (χ4v) is 3.31. The Hall–Kier alpha value is 0.310. The average Bonchev–Trinajstić information content (AvgIpc) is 2.36. The molecule has 0 amide bonds. The van der Waals surface area contributed by atoms with Gasteiger partial charge in [0.1, 0.15) is 0 Å². The lowest BCUT2D eigenvalue weighted by molar-refractivity contribution is 0.0425. The lowest BCUT2D eigenvalue weighted by atomic mass is 9.89. The maximum atomic E-state index is 10.1. The van der Waals surface area contributed by atoms with Crippen LogP contribution in [-0.4, -0.2) is 22.2 Å². The zero-order valence-corrected chi connectivity index (χ0v) is 8.99. The van der Waals surface area contributed by atoms with Gasteiger partial charge in [0.15, 0.2) is 0 Å². The molecule has 1 aliphatic heterocycles. The minimum atomic E-state index is -0.320. The van der Waals surface area contributed by atoms with E-state index in [1.54, 1.807) is 0 Å². The van der Waals surface area contributed by atoms with Crippen molar-refractivity contribution in [3.05, 3.63) is 0 Å². The zero-order chi connectivity index (χ0) is 9.03. The van der Waals surface area contributed by atoms with Crippen LogP contribution in [0.3, 0.4) is 0 Å². The first-order chi connectivity index (χ1) is 5.66. The van der Waals surface area contributed by atoms with E-state index in [1.165, 1.54) is 12.8 Å². The number of aliphatic hydroxyl groups is 1. The molecule has 1 rings (SSSR count). The molecule has 2 heteroatoms. The molecule has 0 aliphatic carbocycles. The summed E-state index contributed by atoms with van der Waals surface area (Å²) in [5, 5.41) is 10.1. The summed E-state index contributed by atoms with van der Waals surface area (Å²) in [4.78, 5) is 0. The summed E-state index contributed by atoms with van der Waals surface area (Å²) in [6, 6.07) is 0. The lowest BCUT2D eigenvalue weighted by Gasteiger charge is -2.24. The second kappa shape index (κ2) is 4.52. The number of hydrogen-bond acceptors (Lipinski definition) is 2. The van der Waals surface area contributed by atoms with Gasteiger partial charge in [-0.1, -0.05) is 26.7 Å². The van der Waals surface area contributed by atoms with E-state index in [9.17, 15) is 5.11 Å². The lowest BCUT2D eigenvalue weighted by Crippen LogP contribution is -2.30. The van der Waals surface area contributed by atoms with Gasteiger partial charge < -0.3 is 5.11 Å². The average molecular weight is 188 g/mol. The Labute approximate surface area is 79.9 Å². The molecule has 0 aromatic carbocycles. The molecule has 0 bridgehead atoms. The van der Waals surface area contributed by atoms with Crippen molar-refractivity contribution in [3.8, 4) is 0 Å². The summed E-state index contributed by atoms with van der Waals surface area (Å²) >= 11 is 1.89. The third-order valence-electron chi connectivity index (χ3n) is 2.59. The summed E-state index contributed by atoms with van der Waals surface area (Å²) in [6.07, 6.45) is 4.51. The van der Waals surface area contributed by atoms with Gasteiger partial charge in [-0.2, -0.15) is 11.8 Å². The topological polar surface area (TPSA) is 20.2 Å². The predicted molar refractivity (Wildman–Crippen MR) is 55.6 cm³/mol. The minimum absolute atomic E-state index is 0.320. The van der Waals surface area contributed by atoms with Crippen molar-refractivity contribution in [2.45, 2.75) is 45.1 Å². The molecule has 1 nitrogen and oxygen atoms in total. The van der Waals surface area contributed by atoms with Crippen LogP contribution >= 0.6 is 11.8 Å². The van der Waals surface area contributed by atoms with Gasteiger partial charge in [0, 0.05) is 5.75 Å². The highest BCUT2D eigenvalue weighted by molar-refractivity contribution is 7.99. The Morgan fingerprint density at radius 1 is 1.58 bits per heavy atom. The third kappa shape index (κ3) is 2.98. The van der Waals surface area contributed by atoms with E-state index < -0.39 is 0 Å². The first-order valence-electron chi connectivity index (χ1n) is 4.96. The Kier molecular flexibility index (Phi) is 3.91. The molecule has 1 saturated heterocycles. The predicted octanol–water partition coefficient (Wildman–Crippen LogP) is 2.68. The number of rotatable bonds is 4. The van der Waals surface area contributed by atoms with E-state index in [4.69, 9.17) is 0 Å². The van der Waals surface area contributed by atoms with E-state index >= 15 is 0 Å². The molecular formula is C10H20OS. The highest BCUT2D eigenvalue weighted by atomic mass is 32.2. The zero-order valence-electron chi connectivity index (χ0n) is 8.18. The van der Waals surface area contributed by atoms with Crippen molar-refractivity contribution < 1.29 is 5.11 Å². The third-order valence-corrected chi connectivity index (χ3v) is 3.83. The minimum Gasteiger partial charge on any atom is -0.389 e. The van der Waals surface area contributed by atoms with Crippen LogP contribution in [0.2, 0.25) is 0 Å². The van der Waals surface area contributed by atoms with Crippen LogP contribution in [0.25, 0.3) is 0 Å². The molecule has 1 heterocycles. The number of hydrogen-bond donors (Lipinski definition) is 1. The monoisotopic (exact) mass is 188 g/mol. The van der Waals surface area contributed by atoms with Crippen LogP contribution in [0.15, 0.2) is 0 Å². The van der Waals surface area contributed by atoms with E-state index in [2.05, 4.69) is 13.8 Å². The summed E-state index contributed by atoms with van der Waals surface area (Å²) in [7, 11) is 0. The van der Waals surface area contributed by atoms with E-state index in [-0.39, 0.29) is 5.60 Å². The van der Waals surface area contributed by atoms with Crippen molar-refractivity contribution in [1.29, 1.82) is 0 Å². The van der Waals surface area contributed by atoms with Gasteiger partial charge in [-0.15, -0.1) is 0 Å². The van der Waals surface area contributed by atoms with Crippen LogP contribution in [0.5, 0.6) is 0 Å². The fourth-order valence-electron chi connectivity index (χ4n) is 2.00. The Morgan fingerprint density at radius 3 is 2.83 bits per heavy atom. The smallest absolute Gasteiger partial charge is 0.0748 e. The molecule has 1 aliphatic rings. The second-order valence-electron chi connectivity index (χ2n) is 4.12. The van der Waals surface area contributed by atoms with Gasteiger partial charge in [-0.25, -0.2) is 0 Å². The molecule has 2 atom stereocenters. The first-order valence-corrected chi connectivity index (χ1v) is 6.12. The Balaban J connectivity index is 2.28. The Bertz CT molecular complexity index is 130. The van der Waals surface area contributed by atoms with Gasteiger partial charge in [-0.3, -0.25) is 0 Å². The van der Waals surface area contributed by atoms with Crippen molar-refractivity contribution in [2.24, 2.45) is 5.92 Å². The van der Waals surface area contributed by atoms with Crippen molar-refractivity contribution in [3.63, 3.8) is 0 Å². The van der Waals surface area contributed by atoms with Crippen molar-refractivity contribution in [2.75, 3.05) is 11.5 Å². The number of thioether (sulfide) groups is 1. The quantitative estimate of drug-likeness (QED) is 0.732. The van der Waals surface area contributed by atoms with Gasteiger partial charge in [0.25, 0.3) is 0 Å². The largest absolute Gasteiger partial charge is 0.389 e. The molecule has 0 saturated carbocycles. The fraction of sp³-hybridized carbons (Fsp3) is 1.00. The van der Waals surface area contributed by atoms with Crippen LogP contribution in [0.4, 0.5) is 0 Å². The maximum Gasteiger partial charge on any atom is 0.0748 e. The van der Waals surface area contributed by atoms with Crippen molar-refractivity contribution in [1.82, 2.24) is 0 Å². The van der Waals surface area contributed by atoms with Crippen LogP contribution in [0, 0.1) is 5.92 Å². The SMILES string of the molecule is CCCC(C)CC1(O)CCSC1. The van der Waals surface area contributed by atoms with Crippen LogP contribution in [0.1, 0.15) is 39.5 Å². The molecule has 1 N–H and O–H groups in total. The first kappa shape index (κ1) is 10.4. The summed E-state index contributed by atoms with van der Waals surface area (Å²) < 4.78 is 0. The molecule has 0 aromatic rings. The molecule has 0 aromatic heterocycles. The van der Waals surface area contributed by atoms with Crippen LogP contribution < -0.4 is 0 Å². The second-order valence-corrected chi connectivity index (χ2v) is 5.23. The van der Waals surface area contributed by atoms with Crippen LogP contribution in [-0.2, 0) is 0 Å². The maximum absolute atomic E-state index is 10.1. The normalized spacial score (nSPS) is 32.2. The van der Waals surface area contributed by atoms with E-state index in [1.807, 2.05) is 11.8 Å². The molecular weight excluding hydrogens is 168 g/mol. The molecule has 0 radical (unpaired) electrons. The molecule has 0 spiro atoms. The van der Waals surface area contributed by atoms with Gasteiger partial charge in [0.2, 0.25) is 0 Å². The molecule has 12 heavy (non-hydrogen) atoms. The summed E-state index contributed by atoms with van der Waals surface area (Å²) in [6.45, 7) is 4.47. The highest BCUT2D eigenvalue weighted by Crippen LogP contribution is 2.33. The standard InChI is InChI=1S/C10H20OS/c1-3-4-9(2)7-10(11)5-6-12-8-10/h9,11H,3-8H2,1-2H3. The Morgan fingerprint density at radius 2 is 2.33 bits per heavy atom. The molecule has 72 valence electrons. The molecule has 1 fully saturated rings. The van der Waals surface area contributed by atoms with E-state index in [0.717, 1.165) is 24.3 Å². The van der Waals surface area contributed by atoms with Gasteiger partial charge >= 0.3 is 0 Å².